The maximum absolute atomic E-state index is 12.3. The molecule has 2 aromatic rings. The van der Waals surface area contributed by atoms with Crippen LogP contribution in [0.5, 0.6) is 0 Å². The second-order valence-corrected chi connectivity index (χ2v) is 4.94. The second kappa shape index (κ2) is 5.55. The van der Waals surface area contributed by atoms with E-state index < -0.39 is 0 Å². The topological polar surface area (TPSA) is 17.1 Å². The minimum absolute atomic E-state index is 0.0778. The van der Waals surface area contributed by atoms with Gasteiger partial charge in [-0.25, -0.2) is 0 Å². The molecule has 0 aliphatic heterocycles. The van der Waals surface area contributed by atoms with Crippen molar-refractivity contribution in [3.63, 3.8) is 0 Å². The summed E-state index contributed by atoms with van der Waals surface area (Å²) in [6, 6.07) is 14.5. The molecule has 92 valence electrons. The Balaban J connectivity index is 2.28. The van der Waals surface area contributed by atoms with Gasteiger partial charge in [0.15, 0.2) is 5.78 Å². The van der Waals surface area contributed by atoms with Crippen LogP contribution in [0, 0.1) is 0 Å². The summed E-state index contributed by atoms with van der Waals surface area (Å²) in [5.41, 5.74) is 1.58. The number of halogens is 2. The first-order valence-electron chi connectivity index (χ1n) is 5.64. The van der Waals surface area contributed by atoms with Gasteiger partial charge in [0.1, 0.15) is 0 Å². The fourth-order valence-corrected chi connectivity index (χ4v) is 2.09. The Morgan fingerprint density at radius 2 is 1.67 bits per heavy atom. The van der Waals surface area contributed by atoms with Gasteiger partial charge < -0.3 is 0 Å². The Morgan fingerprint density at radius 1 is 1.00 bits per heavy atom. The Labute approximate surface area is 116 Å². The van der Waals surface area contributed by atoms with E-state index in [0.717, 1.165) is 5.56 Å². The number of rotatable bonds is 3. The molecule has 0 spiro atoms. The van der Waals surface area contributed by atoms with Crippen molar-refractivity contribution < 1.29 is 4.79 Å². The number of carbonyl (C=O) groups is 1. The third-order valence-electron chi connectivity index (χ3n) is 2.90. The van der Waals surface area contributed by atoms with Crippen LogP contribution < -0.4 is 0 Å². The molecule has 1 unspecified atom stereocenters. The fourth-order valence-electron chi connectivity index (χ4n) is 1.79. The van der Waals surface area contributed by atoms with Gasteiger partial charge in [-0.3, -0.25) is 4.79 Å². The first kappa shape index (κ1) is 13.1. The van der Waals surface area contributed by atoms with E-state index in [-0.39, 0.29) is 11.7 Å². The normalized spacial score (nSPS) is 12.2. The van der Waals surface area contributed by atoms with Crippen LogP contribution in [-0.2, 0) is 0 Å². The highest BCUT2D eigenvalue weighted by atomic mass is 35.5. The standard InChI is InChI=1S/C15H12Cl2O/c1-10(12-7-8-13(16)14(17)9-12)15(18)11-5-3-2-4-6-11/h2-10H,1H3. The van der Waals surface area contributed by atoms with Crippen LogP contribution in [0.15, 0.2) is 48.5 Å². The van der Waals surface area contributed by atoms with Crippen molar-refractivity contribution in [3.8, 4) is 0 Å². The van der Waals surface area contributed by atoms with Gasteiger partial charge in [-0.15, -0.1) is 0 Å². The number of Topliss-reactive ketones (excluding diaryl/α,β-unsaturated/α-hetero) is 1. The van der Waals surface area contributed by atoms with Crippen molar-refractivity contribution in [2.75, 3.05) is 0 Å². The van der Waals surface area contributed by atoms with Gasteiger partial charge in [-0.2, -0.15) is 0 Å². The monoisotopic (exact) mass is 278 g/mol. The van der Waals surface area contributed by atoms with E-state index in [1.165, 1.54) is 0 Å². The summed E-state index contributed by atoms with van der Waals surface area (Å²) < 4.78 is 0. The highest BCUT2D eigenvalue weighted by molar-refractivity contribution is 6.42. The number of hydrogen-bond donors (Lipinski definition) is 0. The molecule has 0 N–H and O–H groups in total. The van der Waals surface area contributed by atoms with Crippen molar-refractivity contribution >= 4 is 29.0 Å². The summed E-state index contributed by atoms with van der Waals surface area (Å²) in [6.07, 6.45) is 0. The van der Waals surface area contributed by atoms with Crippen molar-refractivity contribution in [1.82, 2.24) is 0 Å². The predicted octanol–water partition coefficient (Wildman–Crippen LogP) is 4.98. The first-order chi connectivity index (χ1) is 8.59. The van der Waals surface area contributed by atoms with E-state index in [0.29, 0.717) is 15.6 Å². The maximum atomic E-state index is 12.3. The molecule has 0 fully saturated rings. The average Bonchev–Trinajstić information content (AvgIpc) is 2.41. The SMILES string of the molecule is CC(C(=O)c1ccccc1)c1ccc(Cl)c(Cl)c1. The third-order valence-corrected chi connectivity index (χ3v) is 3.63. The molecule has 0 radical (unpaired) electrons. The molecule has 0 bridgehead atoms. The van der Waals surface area contributed by atoms with Gasteiger partial charge in [-0.05, 0) is 17.7 Å². The minimum Gasteiger partial charge on any atom is -0.294 e. The quantitative estimate of drug-likeness (QED) is 0.724. The zero-order valence-electron chi connectivity index (χ0n) is 9.86. The Morgan fingerprint density at radius 3 is 2.28 bits per heavy atom. The molecule has 2 rings (SSSR count). The van der Waals surface area contributed by atoms with Crippen molar-refractivity contribution in [1.29, 1.82) is 0 Å². The van der Waals surface area contributed by atoms with E-state index in [2.05, 4.69) is 0 Å². The third kappa shape index (κ3) is 2.74. The van der Waals surface area contributed by atoms with Crippen LogP contribution in [0.2, 0.25) is 10.0 Å². The van der Waals surface area contributed by atoms with Crippen LogP contribution in [0.1, 0.15) is 28.8 Å². The molecule has 0 aromatic heterocycles. The largest absolute Gasteiger partial charge is 0.294 e. The molecule has 0 saturated heterocycles. The van der Waals surface area contributed by atoms with E-state index in [1.54, 1.807) is 12.1 Å². The number of carbonyl (C=O) groups excluding carboxylic acids is 1. The lowest BCUT2D eigenvalue weighted by Gasteiger charge is -2.11. The van der Waals surface area contributed by atoms with Crippen LogP contribution in [0.25, 0.3) is 0 Å². The van der Waals surface area contributed by atoms with Gasteiger partial charge in [0.05, 0.1) is 10.0 Å². The van der Waals surface area contributed by atoms with E-state index in [9.17, 15) is 4.79 Å². The summed E-state index contributed by atoms with van der Waals surface area (Å²) in [5, 5.41) is 0.974. The molecule has 0 aliphatic carbocycles. The molecule has 2 aromatic carbocycles. The zero-order chi connectivity index (χ0) is 13.1. The molecule has 0 heterocycles. The van der Waals surface area contributed by atoms with Crippen molar-refractivity contribution in [3.05, 3.63) is 69.7 Å². The number of hydrogen-bond acceptors (Lipinski definition) is 1. The van der Waals surface area contributed by atoms with Crippen LogP contribution in [0.3, 0.4) is 0 Å². The highest BCUT2D eigenvalue weighted by Gasteiger charge is 2.17. The Hall–Kier alpha value is -1.31. The van der Waals surface area contributed by atoms with Gasteiger partial charge in [0.25, 0.3) is 0 Å². The van der Waals surface area contributed by atoms with Gasteiger partial charge in [0.2, 0.25) is 0 Å². The summed E-state index contributed by atoms with van der Waals surface area (Å²) in [5.74, 6) is -0.156. The van der Waals surface area contributed by atoms with E-state index in [1.807, 2.05) is 43.3 Å². The van der Waals surface area contributed by atoms with Crippen molar-refractivity contribution in [2.45, 2.75) is 12.8 Å². The van der Waals surface area contributed by atoms with Gasteiger partial charge in [0, 0.05) is 11.5 Å². The fraction of sp³-hybridized carbons (Fsp3) is 0.133. The van der Waals surface area contributed by atoms with Crippen LogP contribution in [0.4, 0.5) is 0 Å². The molecule has 0 saturated carbocycles. The summed E-state index contributed by atoms with van der Waals surface area (Å²) in [6.45, 7) is 1.87. The maximum Gasteiger partial charge on any atom is 0.170 e. The van der Waals surface area contributed by atoms with Crippen molar-refractivity contribution in [2.24, 2.45) is 0 Å². The number of benzene rings is 2. The molecule has 0 aliphatic rings. The molecule has 0 amide bonds. The van der Waals surface area contributed by atoms with Crippen LogP contribution >= 0.6 is 23.2 Å². The molecule has 18 heavy (non-hydrogen) atoms. The Kier molecular flexibility index (Phi) is 4.05. The summed E-state index contributed by atoms with van der Waals surface area (Å²) >= 11 is 11.8. The first-order valence-corrected chi connectivity index (χ1v) is 6.39. The van der Waals surface area contributed by atoms with E-state index >= 15 is 0 Å². The predicted molar refractivity (Wildman–Crippen MR) is 75.6 cm³/mol. The molecule has 3 heteroatoms. The number of ketones is 1. The average molecular weight is 279 g/mol. The molecule has 1 atom stereocenters. The van der Waals surface area contributed by atoms with Crippen LogP contribution in [-0.4, -0.2) is 5.78 Å². The van der Waals surface area contributed by atoms with E-state index in [4.69, 9.17) is 23.2 Å². The lowest BCUT2D eigenvalue weighted by Crippen LogP contribution is -2.09. The molecule has 1 nitrogen and oxygen atoms in total. The smallest absolute Gasteiger partial charge is 0.170 e. The lowest BCUT2D eigenvalue weighted by atomic mass is 9.92. The second-order valence-electron chi connectivity index (χ2n) is 4.13. The Bertz CT molecular complexity index is 564. The summed E-state index contributed by atoms with van der Waals surface area (Å²) in [7, 11) is 0. The summed E-state index contributed by atoms with van der Waals surface area (Å²) in [4.78, 5) is 12.3. The van der Waals surface area contributed by atoms with Gasteiger partial charge in [-0.1, -0.05) is 66.5 Å². The minimum atomic E-state index is -0.234. The molecular weight excluding hydrogens is 267 g/mol. The zero-order valence-corrected chi connectivity index (χ0v) is 11.4. The molecular formula is C15H12Cl2O. The van der Waals surface area contributed by atoms with Gasteiger partial charge >= 0.3 is 0 Å². The lowest BCUT2D eigenvalue weighted by molar-refractivity contribution is 0.0966. The highest BCUT2D eigenvalue weighted by Crippen LogP contribution is 2.28.